The zero-order valence-electron chi connectivity index (χ0n) is 19.4. The third-order valence-corrected chi connectivity index (χ3v) is 6.69. The van der Waals surface area contributed by atoms with E-state index in [1.807, 2.05) is 0 Å². The molecule has 2 aromatic carbocycles. The highest BCUT2D eigenvalue weighted by atomic mass is 32.1. The Morgan fingerprint density at radius 2 is 1.95 bits per heavy atom. The van der Waals surface area contributed by atoms with E-state index in [0.717, 1.165) is 4.57 Å². The Kier molecular flexibility index (Phi) is 6.26. The molecule has 0 aliphatic carbocycles. The van der Waals surface area contributed by atoms with Crippen molar-refractivity contribution in [3.05, 3.63) is 94.7 Å². The van der Waals surface area contributed by atoms with E-state index in [4.69, 9.17) is 14.2 Å². The number of benzene rings is 2. The van der Waals surface area contributed by atoms with Gasteiger partial charge in [0.25, 0.3) is 11.2 Å². The van der Waals surface area contributed by atoms with E-state index in [-0.39, 0.29) is 39.7 Å². The van der Waals surface area contributed by atoms with Crippen LogP contribution in [-0.2, 0) is 9.53 Å². The number of carbonyl (C=O) groups excluding carboxylic acids is 1. The second kappa shape index (κ2) is 9.45. The number of nitro benzene ring substituents is 1. The Morgan fingerprint density at radius 3 is 2.61 bits per heavy atom. The molecule has 0 spiro atoms. The molecule has 10 nitrogen and oxygen atoms in total. The quantitative estimate of drug-likeness (QED) is 0.273. The molecule has 2 aliphatic rings. The molecule has 0 saturated heterocycles. The lowest BCUT2D eigenvalue weighted by Gasteiger charge is -2.26. The van der Waals surface area contributed by atoms with Crippen LogP contribution in [0.4, 0.5) is 18.9 Å². The van der Waals surface area contributed by atoms with E-state index in [1.165, 1.54) is 55.5 Å². The summed E-state index contributed by atoms with van der Waals surface area (Å²) in [7, 11) is 0. The van der Waals surface area contributed by atoms with Crippen LogP contribution in [0.2, 0.25) is 0 Å². The zero-order valence-corrected chi connectivity index (χ0v) is 20.2. The Bertz CT molecular complexity index is 1670. The fourth-order valence-electron chi connectivity index (χ4n) is 4.08. The van der Waals surface area contributed by atoms with E-state index in [1.54, 1.807) is 0 Å². The summed E-state index contributed by atoms with van der Waals surface area (Å²) in [4.78, 5) is 40.2. The van der Waals surface area contributed by atoms with E-state index in [0.29, 0.717) is 22.6 Å². The summed E-state index contributed by atoms with van der Waals surface area (Å²) in [5.74, 6) is -0.669. The number of carbonyl (C=O) groups is 1. The van der Waals surface area contributed by atoms with Crippen molar-refractivity contribution in [3.63, 3.8) is 0 Å². The highest BCUT2D eigenvalue weighted by Crippen LogP contribution is 2.41. The van der Waals surface area contributed by atoms with Gasteiger partial charge in [0.1, 0.15) is 0 Å². The first-order chi connectivity index (χ1) is 18.1. The summed E-state index contributed by atoms with van der Waals surface area (Å²) in [5, 5.41) is 10.9. The normalized spacial score (nSPS) is 16.7. The van der Waals surface area contributed by atoms with Gasteiger partial charge in [-0.05, 0) is 48.4 Å². The lowest BCUT2D eigenvalue weighted by Crippen LogP contribution is -2.41. The van der Waals surface area contributed by atoms with Gasteiger partial charge in [0.15, 0.2) is 22.0 Å². The van der Waals surface area contributed by atoms with Crippen LogP contribution in [0.5, 0.6) is 11.5 Å². The van der Waals surface area contributed by atoms with Crippen molar-refractivity contribution in [1.82, 2.24) is 4.57 Å². The van der Waals surface area contributed by atoms with Crippen LogP contribution in [0.15, 0.2) is 63.5 Å². The summed E-state index contributed by atoms with van der Waals surface area (Å²) in [6.07, 6.45) is -3.66. The molecule has 2 aliphatic heterocycles. The van der Waals surface area contributed by atoms with Crippen LogP contribution in [0.25, 0.3) is 6.08 Å². The van der Waals surface area contributed by atoms with Crippen LogP contribution in [0.1, 0.15) is 24.1 Å². The highest BCUT2D eigenvalue weighted by Gasteiger charge is 2.45. The largest absolute Gasteiger partial charge is 0.463 e. The molecule has 196 valence electrons. The molecule has 14 heteroatoms. The smallest absolute Gasteiger partial charge is 0.434 e. The first kappa shape index (κ1) is 25.2. The predicted octanol–water partition coefficient (Wildman–Crippen LogP) is 2.98. The molecule has 0 bridgehead atoms. The number of alkyl halides is 3. The van der Waals surface area contributed by atoms with Crippen LogP contribution in [-0.4, -0.2) is 35.0 Å². The number of allylic oxidation sites excluding steroid dienone is 1. The van der Waals surface area contributed by atoms with E-state index < -0.39 is 39.9 Å². The van der Waals surface area contributed by atoms with Crippen LogP contribution in [0, 0.1) is 10.1 Å². The molecule has 1 aromatic heterocycles. The van der Waals surface area contributed by atoms with Gasteiger partial charge in [-0.25, -0.2) is 9.79 Å². The third kappa shape index (κ3) is 4.42. The number of aromatic nitrogens is 1. The van der Waals surface area contributed by atoms with Crippen LogP contribution in [0.3, 0.4) is 0 Å². The van der Waals surface area contributed by atoms with Crippen molar-refractivity contribution in [2.24, 2.45) is 4.99 Å². The number of hydrogen-bond donors (Lipinski definition) is 0. The monoisotopic (exact) mass is 547 g/mol. The number of hydrogen-bond acceptors (Lipinski definition) is 9. The lowest BCUT2D eigenvalue weighted by molar-refractivity contribution is -0.384. The Labute approximate surface area is 214 Å². The standard InChI is InChI=1S/C24H16F3N3O7S/c1-2-35-22(32)18-19(13-5-8-15-16(10-13)37-11-36-15)29-21(31)17(38-23(29)28-20(18)24(25,26)27)9-12-3-6-14(7-4-12)30(33)34/h3-10,19H,2,11H2,1H3/b17-9-. The fourth-order valence-corrected chi connectivity index (χ4v) is 5.08. The molecule has 0 amide bonds. The Morgan fingerprint density at radius 1 is 1.24 bits per heavy atom. The third-order valence-electron chi connectivity index (χ3n) is 5.71. The SMILES string of the molecule is CCOC(=O)C1=C(C(F)(F)F)N=c2s/c(=C\c3ccc([N+](=O)[O-])cc3)c(=O)n2C1c1ccc2c(c1)OCO2. The maximum Gasteiger partial charge on any atom is 0.434 e. The van der Waals surface area contributed by atoms with Crippen molar-refractivity contribution in [2.75, 3.05) is 13.4 Å². The van der Waals surface area contributed by atoms with Crippen molar-refractivity contribution >= 4 is 29.1 Å². The molecule has 3 heterocycles. The lowest BCUT2D eigenvalue weighted by atomic mass is 9.95. The molecule has 38 heavy (non-hydrogen) atoms. The summed E-state index contributed by atoms with van der Waals surface area (Å²) in [6.45, 7) is 1.15. The summed E-state index contributed by atoms with van der Waals surface area (Å²) in [5.41, 5.74) is -2.63. The minimum atomic E-state index is -5.04. The first-order valence-electron chi connectivity index (χ1n) is 11.0. The molecule has 3 aromatic rings. The van der Waals surface area contributed by atoms with Gasteiger partial charge in [0, 0.05) is 12.1 Å². The van der Waals surface area contributed by atoms with Gasteiger partial charge < -0.3 is 14.2 Å². The fraction of sp³-hybridized carbons (Fsp3) is 0.208. The van der Waals surface area contributed by atoms with Gasteiger partial charge in [-0.1, -0.05) is 17.4 Å². The van der Waals surface area contributed by atoms with Crippen molar-refractivity contribution in [3.8, 4) is 11.5 Å². The van der Waals surface area contributed by atoms with Gasteiger partial charge >= 0.3 is 12.1 Å². The molecule has 5 rings (SSSR count). The Hall–Kier alpha value is -4.46. The van der Waals surface area contributed by atoms with E-state index in [9.17, 15) is 32.9 Å². The van der Waals surface area contributed by atoms with Gasteiger partial charge in [-0.2, -0.15) is 13.2 Å². The second-order valence-electron chi connectivity index (χ2n) is 8.02. The zero-order chi connectivity index (χ0) is 27.2. The average molecular weight is 547 g/mol. The maximum absolute atomic E-state index is 14.2. The average Bonchev–Trinajstić information content (AvgIpc) is 3.46. The molecular weight excluding hydrogens is 531 g/mol. The number of non-ortho nitro benzene ring substituents is 1. The topological polar surface area (TPSA) is 122 Å². The number of fused-ring (bicyclic) bond motifs is 2. The van der Waals surface area contributed by atoms with Gasteiger partial charge in [0.05, 0.1) is 27.7 Å². The minimum Gasteiger partial charge on any atom is -0.463 e. The summed E-state index contributed by atoms with van der Waals surface area (Å²) in [6, 6.07) is 8.05. The molecule has 1 atom stereocenters. The molecule has 1 unspecified atom stereocenters. The molecular formula is C24H16F3N3O7S. The molecule has 0 fully saturated rings. The number of rotatable bonds is 5. The van der Waals surface area contributed by atoms with Crippen molar-refractivity contribution in [2.45, 2.75) is 19.1 Å². The maximum atomic E-state index is 14.2. The number of ether oxygens (including phenoxy) is 3. The summed E-state index contributed by atoms with van der Waals surface area (Å²) < 4.78 is 59.2. The number of nitro groups is 1. The minimum absolute atomic E-state index is 0.00924. The molecule has 0 N–H and O–H groups in total. The van der Waals surface area contributed by atoms with Crippen LogP contribution < -0.4 is 24.4 Å². The molecule has 0 saturated carbocycles. The number of thiazole rings is 1. The molecule has 0 radical (unpaired) electrons. The van der Waals surface area contributed by atoms with E-state index >= 15 is 0 Å². The second-order valence-corrected chi connectivity index (χ2v) is 9.03. The van der Waals surface area contributed by atoms with Crippen molar-refractivity contribution in [1.29, 1.82) is 0 Å². The highest BCUT2D eigenvalue weighted by molar-refractivity contribution is 7.07. The van der Waals surface area contributed by atoms with Gasteiger partial charge in [0.2, 0.25) is 6.79 Å². The Balaban J connectivity index is 1.76. The number of esters is 1. The number of halogens is 3. The van der Waals surface area contributed by atoms with E-state index in [2.05, 4.69) is 4.99 Å². The number of nitrogens with zero attached hydrogens (tertiary/aromatic N) is 3. The first-order valence-corrected chi connectivity index (χ1v) is 11.8. The van der Waals surface area contributed by atoms with Crippen molar-refractivity contribution < 1.29 is 37.1 Å². The van der Waals surface area contributed by atoms with Gasteiger partial charge in [-0.3, -0.25) is 19.5 Å². The van der Waals surface area contributed by atoms with Crippen LogP contribution >= 0.6 is 11.3 Å². The van der Waals surface area contributed by atoms with Gasteiger partial charge in [-0.15, -0.1) is 0 Å². The summed E-state index contributed by atoms with van der Waals surface area (Å²) >= 11 is 0.690. The predicted molar refractivity (Wildman–Crippen MR) is 126 cm³/mol.